The van der Waals surface area contributed by atoms with Gasteiger partial charge in [0.25, 0.3) is 0 Å². The molecular formula is C13H21N3O2. The van der Waals surface area contributed by atoms with Crippen molar-refractivity contribution < 1.29 is 9.90 Å². The van der Waals surface area contributed by atoms with Gasteiger partial charge >= 0.3 is 5.97 Å². The Kier molecular flexibility index (Phi) is 6.14. The fraction of sp³-hybridized carbons (Fsp3) is 0.538. The Hall–Kier alpha value is -1.62. The predicted molar refractivity (Wildman–Crippen MR) is 71.9 cm³/mol. The average Bonchev–Trinajstić information content (AvgIpc) is 2.37. The second kappa shape index (κ2) is 7.66. The van der Waals surface area contributed by atoms with Gasteiger partial charge in [-0.15, -0.1) is 0 Å². The first-order valence-electron chi connectivity index (χ1n) is 6.12. The van der Waals surface area contributed by atoms with Gasteiger partial charge in [0.1, 0.15) is 5.82 Å². The Balaban J connectivity index is 2.19. The Morgan fingerprint density at radius 1 is 1.28 bits per heavy atom. The van der Waals surface area contributed by atoms with Crippen LogP contribution in [0.25, 0.3) is 0 Å². The summed E-state index contributed by atoms with van der Waals surface area (Å²) in [5.74, 6) is 0.221. The third-order valence-corrected chi connectivity index (χ3v) is 2.78. The number of carboxylic acids is 1. The van der Waals surface area contributed by atoms with Gasteiger partial charge in [0.05, 0.1) is 6.42 Å². The second-order valence-electron chi connectivity index (χ2n) is 4.41. The third-order valence-electron chi connectivity index (χ3n) is 2.78. The molecule has 0 aliphatic heterocycles. The number of carboxylic acid groups (broad SMARTS) is 1. The topological polar surface area (TPSA) is 56.7 Å². The summed E-state index contributed by atoms with van der Waals surface area (Å²) in [7, 11) is 3.96. The minimum atomic E-state index is -0.743. The molecule has 0 saturated heterocycles. The molecule has 0 aliphatic rings. The van der Waals surface area contributed by atoms with E-state index in [9.17, 15) is 4.79 Å². The van der Waals surface area contributed by atoms with Crippen LogP contribution in [0.15, 0.2) is 24.4 Å². The van der Waals surface area contributed by atoms with Gasteiger partial charge in [-0.2, -0.15) is 0 Å². The Morgan fingerprint density at radius 2 is 2.06 bits per heavy atom. The van der Waals surface area contributed by atoms with Crippen molar-refractivity contribution in [2.45, 2.75) is 12.8 Å². The summed E-state index contributed by atoms with van der Waals surface area (Å²) < 4.78 is 0. The van der Waals surface area contributed by atoms with E-state index in [0.717, 1.165) is 25.3 Å². The summed E-state index contributed by atoms with van der Waals surface area (Å²) in [5, 5.41) is 8.58. The third kappa shape index (κ3) is 5.63. The Labute approximate surface area is 108 Å². The molecule has 100 valence electrons. The van der Waals surface area contributed by atoms with Gasteiger partial charge in [0.2, 0.25) is 0 Å². The molecule has 0 amide bonds. The number of carbonyl (C=O) groups is 1. The number of rotatable bonds is 8. The zero-order valence-electron chi connectivity index (χ0n) is 11.0. The number of pyridine rings is 1. The second-order valence-corrected chi connectivity index (χ2v) is 4.41. The summed E-state index contributed by atoms with van der Waals surface area (Å²) in [6, 6.07) is 5.85. The van der Waals surface area contributed by atoms with Gasteiger partial charge in [0, 0.05) is 26.3 Å². The molecule has 0 spiro atoms. The summed E-state index contributed by atoms with van der Waals surface area (Å²) in [5.41, 5.74) is 0. The minimum Gasteiger partial charge on any atom is -0.481 e. The predicted octanol–water partition coefficient (Wildman–Crippen LogP) is 1.31. The zero-order chi connectivity index (χ0) is 13.4. The lowest BCUT2D eigenvalue weighted by molar-refractivity contribution is -0.137. The highest BCUT2D eigenvalue weighted by atomic mass is 16.4. The molecule has 0 atom stereocenters. The van der Waals surface area contributed by atoms with Crippen molar-refractivity contribution >= 4 is 11.8 Å². The quantitative estimate of drug-likeness (QED) is 0.755. The monoisotopic (exact) mass is 251 g/mol. The zero-order valence-corrected chi connectivity index (χ0v) is 11.0. The maximum absolute atomic E-state index is 10.4. The first kappa shape index (κ1) is 14.4. The number of aliphatic carboxylic acids is 1. The first-order chi connectivity index (χ1) is 8.59. The van der Waals surface area contributed by atoms with Gasteiger partial charge < -0.3 is 14.9 Å². The molecule has 1 rings (SSSR count). The molecule has 18 heavy (non-hydrogen) atoms. The van der Waals surface area contributed by atoms with E-state index >= 15 is 0 Å². The first-order valence-corrected chi connectivity index (χ1v) is 6.12. The highest BCUT2D eigenvalue weighted by Gasteiger charge is 2.04. The van der Waals surface area contributed by atoms with Crippen LogP contribution in [-0.2, 0) is 4.79 Å². The van der Waals surface area contributed by atoms with Crippen molar-refractivity contribution in [1.29, 1.82) is 0 Å². The Morgan fingerprint density at radius 3 is 2.67 bits per heavy atom. The van der Waals surface area contributed by atoms with Gasteiger partial charge in [-0.25, -0.2) is 4.98 Å². The Bertz CT molecular complexity index is 357. The smallest absolute Gasteiger partial charge is 0.304 e. The van der Waals surface area contributed by atoms with Crippen molar-refractivity contribution in [3.63, 3.8) is 0 Å². The molecule has 1 aromatic rings. The molecule has 5 nitrogen and oxygen atoms in total. The summed E-state index contributed by atoms with van der Waals surface area (Å²) in [6.07, 6.45) is 2.97. The molecule has 0 radical (unpaired) electrons. The van der Waals surface area contributed by atoms with E-state index in [1.807, 2.05) is 37.2 Å². The maximum atomic E-state index is 10.4. The number of hydrogen-bond donors (Lipinski definition) is 1. The normalized spacial score (nSPS) is 10.6. The molecule has 1 aromatic heterocycles. The van der Waals surface area contributed by atoms with Gasteiger partial charge in [-0.1, -0.05) is 6.07 Å². The van der Waals surface area contributed by atoms with Crippen molar-refractivity contribution in [2.75, 3.05) is 38.6 Å². The number of hydrogen-bond acceptors (Lipinski definition) is 4. The minimum absolute atomic E-state index is 0.201. The van der Waals surface area contributed by atoms with E-state index < -0.39 is 5.97 Å². The molecule has 0 aliphatic carbocycles. The molecule has 1 N–H and O–H groups in total. The lowest BCUT2D eigenvalue weighted by Gasteiger charge is -2.20. The summed E-state index contributed by atoms with van der Waals surface area (Å²) in [6.45, 7) is 2.40. The SMILES string of the molecule is CN(CCCN(C)c1ccccn1)CCC(=O)O. The van der Waals surface area contributed by atoms with Gasteiger partial charge in [-0.05, 0) is 32.1 Å². The van der Waals surface area contributed by atoms with Crippen LogP contribution in [-0.4, -0.2) is 54.7 Å². The van der Waals surface area contributed by atoms with Crippen LogP contribution in [0.1, 0.15) is 12.8 Å². The van der Waals surface area contributed by atoms with Crippen LogP contribution in [0, 0.1) is 0 Å². The van der Waals surface area contributed by atoms with Crippen molar-refractivity contribution in [1.82, 2.24) is 9.88 Å². The van der Waals surface area contributed by atoms with Crippen molar-refractivity contribution in [2.24, 2.45) is 0 Å². The van der Waals surface area contributed by atoms with E-state index in [1.54, 1.807) is 6.20 Å². The highest BCUT2D eigenvalue weighted by molar-refractivity contribution is 5.66. The molecular weight excluding hydrogens is 230 g/mol. The molecule has 1 heterocycles. The van der Waals surface area contributed by atoms with Crippen LogP contribution < -0.4 is 4.90 Å². The standard InChI is InChI=1S/C13H21N3O2/c1-15(11-7-13(17)18)9-5-10-16(2)12-6-3-4-8-14-12/h3-4,6,8H,5,7,9-11H2,1-2H3,(H,17,18). The molecule has 0 fully saturated rings. The lowest BCUT2D eigenvalue weighted by Crippen LogP contribution is -2.27. The van der Waals surface area contributed by atoms with E-state index in [0.29, 0.717) is 6.54 Å². The van der Waals surface area contributed by atoms with E-state index in [1.165, 1.54) is 0 Å². The molecule has 0 bridgehead atoms. The van der Waals surface area contributed by atoms with E-state index in [-0.39, 0.29) is 6.42 Å². The van der Waals surface area contributed by atoms with Crippen LogP contribution in [0.4, 0.5) is 5.82 Å². The van der Waals surface area contributed by atoms with Crippen LogP contribution in [0.3, 0.4) is 0 Å². The molecule has 0 aromatic carbocycles. The van der Waals surface area contributed by atoms with E-state index in [4.69, 9.17) is 5.11 Å². The van der Waals surface area contributed by atoms with Crippen LogP contribution in [0.5, 0.6) is 0 Å². The van der Waals surface area contributed by atoms with Crippen molar-refractivity contribution in [3.05, 3.63) is 24.4 Å². The summed E-state index contributed by atoms with van der Waals surface area (Å²) in [4.78, 5) is 18.8. The number of nitrogens with zero attached hydrogens (tertiary/aromatic N) is 3. The van der Waals surface area contributed by atoms with Gasteiger partial charge in [0.15, 0.2) is 0 Å². The number of aromatic nitrogens is 1. The highest BCUT2D eigenvalue weighted by Crippen LogP contribution is 2.06. The van der Waals surface area contributed by atoms with E-state index in [2.05, 4.69) is 9.88 Å². The average molecular weight is 251 g/mol. The molecule has 0 unspecified atom stereocenters. The largest absolute Gasteiger partial charge is 0.481 e. The lowest BCUT2D eigenvalue weighted by atomic mass is 10.3. The molecule has 0 saturated carbocycles. The summed E-state index contributed by atoms with van der Waals surface area (Å²) >= 11 is 0. The van der Waals surface area contributed by atoms with Crippen molar-refractivity contribution in [3.8, 4) is 0 Å². The van der Waals surface area contributed by atoms with Gasteiger partial charge in [-0.3, -0.25) is 4.79 Å². The maximum Gasteiger partial charge on any atom is 0.304 e. The van der Waals surface area contributed by atoms with Crippen LogP contribution >= 0.6 is 0 Å². The fourth-order valence-electron chi connectivity index (χ4n) is 1.67. The fourth-order valence-corrected chi connectivity index (χ4v) is 1.67. The molecule has 5 heteroatoms. The van der Waals surface area contributed by atoms with Crippen LogP contribution in [0.2, 0.25) is 0 Å². The number of anilines is 1.